The van der Waals surface area contributed by atoms with Crippen LogP contribution in [-0.2, 0) is 10.8 Å². The molecule has 13 aromatic rings. The van der Waals surface area contributed by atoms with Crippen molar-refractivity contribution in [3.63, 3.8) is 0 Å². The molecule has 0 radical (unpaired) electrons. The number of allylic oxidation sites excluding steroid dienone is 5. The third-order valence-corrected chi connectivity index (χ3v) is 20.9. The first-order valence-electron chi connectivity index (χ1n) is 33.9. The monoisotopic (exact) mass is 1380 g/mol. The zero-order valence-corrected chi connectivity index (χ0v) is 56.1. The zero-order chi connectivity index (χ0) is 72.0. The van der Waals surface area contributed by atoms with Crippen molar-refractivity contribution in [3.8, 4) is 55.6 Å². The van der Waals surface area contributed by atoms with Gasteiger partial charge < -0.3 is 9.80 Å². The van der Waals surface area contributed by atoms with Crippen LogP contribution in [0.4, 0.5) is 78.0 Å². The molecule has 16 rings (SSSR count). The van der Waals surface area contributed by atoms with Crippen LogP contribution in [0.15, 0.2) is 297 Å². The van der Waals surface area contributed by atoms with E-state index in [0.29, 0.717) is 90.6 Å². The molecule has 0 N–H and O–H groups in total. The highest BCUT2D eigenvalue weighted by atomic mass is 19.2. The minimum atomic E-state index is -2.27. The third kappa shape index (κ3) is 10.3. The van der Waals surface area contributed by atoms with E-state index in [-0.39, 0.29) is 17.5 Å². The molecule has 508 valence electrons. The number of halogens is 10. The molecule has 2 atom stereocenters. The van der Waals surface area contributed by atoms with E-state index < -0.39 is 80.1 Å². The van der Waals surface area contributed by atoms with Gasteiger partial charge in [-0.2, -0.15) is 0 Å². The van der Waals surface area contributed by atoms with E-state index in [4.69, 9.17) is 0 Å². The predicted molar refractivity (Wildman–Crippen MR) is 396 cm³/mol. The van der Waals surface area contributed by atoms with Gasteiger partial charge >= 0.3 is 0 Å². The lowest BCUT2D eigenvalue weighted by atomic mass is 9.64. The molecule has 104 heavy (non-hydrogen) atoms. The standard InChI is InChI=1S/C92H60F10N2/c1-5-55-25-33-61(34-26-55)91(79-81(93)85(97)89(101)86(98)82(79)94)75-23-15-13-21-71(75)73-47-43-67(51-77(73)91)103(63-37-29-59(30-38-63)57-17-9-7-10-18-57)65-41-45-69(53(3)49-65)70-46-42-66(50-54(70)4)104(64-39-31-60(32-40-64)58-19-11-8-12-20-58)68-44-48-74-72-22-14-16-24-76(72)92(78(74)52-68,62-35-27-56(6-2)28-36-62)80-83(95)87(99)90(102)88(100)84(80)96/h5-27,29-35,37-52H,1-2,28,36H2,3-4H3. The molecule has 0 heterocycles. The zero-order valence-electron chi connectivity index (χ0n) is 56.1. The number of anilines is 6. The minimum absolute atomic E-state index is 0.202. The second-order valence-electron chi connectivity index (χ2n) is 26.4. The van der Waals surface area contributed by atoms with Gasteiger partial charge in [-0.15, -0.1) is 0 Å². The van der Waals surface area contributed by atoms with Crippen LogP contribution in [0, 0.1) is 72.0 Å². The lowest BCUT2D eigenvalue weighted by Gasteiger charge is -2.38. The normalized spacial score (nSPS) is 15.5. The van der Waals surface area contributed by atoms with Crippen molar-refractivity contribution >= 4 is 40.2 Å². The Hall–Kier alpha value is -12.3. The van der Waals surface area contributed by atoms with Gasteiger partial charge in [-0.25, -0.2) is 43.9 Å². The molecule has 0 aromatic heterocycles. The Labute approximate surface area is 595 Å². The van der Waals surface area contributed by atoms with Crippen LogP contribution < -0.4 is 9.80 Å². The van der Waals surface area contributed by atoms with Crippen LogP contribution in [0.1, 0.15) is 68.5 Å². The molecule has 0 amide bonds. The molecule has 0 spiro atoms. The highest BCUT2D eigenvalue weighted by Gasteiger charge is 2.54. The predicted octanol–water partition coefficient (Wildman–Crippen LogP) is 25.8. The molecule has 0 saturated heterocycles. The summed E-state index contributed by atoms with van der Waals surface area (Å²) in [5.74, 6) is -20.6. The SMILES string of the molecule is C=CC1=CC=C(C2(c3c(F)c(F)c(F)c(F)c3F)c3ccccc3-c3ccc(N(c4ccc(-c5ccccc5)cc4)c4ccc(-c5ccc(N(c6ccc(-c7ccccc7)cc6)c6ccc7c(c6)C(c6ccc(C=C)cc6)(c6c(F)c(F)c(F)c(F)c6F)c6ccccc6-7)cc5C)c(C)c4)cc32)CC1. The van der Waals surface area contributed by atoms with Gasteiger partial charge in [-0.3, -0.25) is 0 Å². The summed E-state index contributed by atoms with van der Waals surface area (Å²) in [5.41, 5.74) is 10.4. The van der Waals surface area contributed by atoms with Crippen molar-refractivity contribution in [2.45, 2.75) is 37.5 Å². The number of aryl methyl sites for hydroxylation is 2. The minimum Gasteiger partial charge on any atom is -0.310 e. The first-order chi connectivity index (χ1) is 50.5. The smallest absolute Gasteiger partial charge is 0.200 e. The lowest BCUT2D eigenvalue weighted by Crippen LogP contribution is -2.34. The van der Waals surface area contributed by atoms with Crippen molar-refractivity contribution < 1.29 is 43.9 Å². The van der Waals surface area contributed by atoms with Gasteiger partial charge in [0.05, 0.1) is 10.8 Å². The Balaban J connectivity index is 0.853. The average Bonchev–Trinajstić information content (AvgIpc) is 1.51. The second-order valence-corrected chi connectivity index (χ2v) is 26.4. The summed E-state index contributed by atoms with van der Waals surface area (Å²) in [7, 11) is 0. The summed E-state index contributed by atoms with van der Waals surface area (Å²) < 4.78 is 163. The molecule has 0 aliphatic heterocycles. The van der Waals surface area contributed by atoms with Gasteiger partial charge in [-0.1, -0.05) is 225 Å². The molecule has 12 heteroatoms. The number of hydrogen-bond acceptors (Lipinski definition) is 2. The summed E-state index contributed by atoms with van der Waals surface area (Å²) >= 11 is 0. The first kappa shape index (κ1) is 66.3. The maximum atomic E-state index is 17.1. The summed E-state index contributed by atoms with van der Waals surface area (Å²) in [4.78, 5) is 4.00. The van der Waals surface area contributed by atoms with E-state index in [0.717, 1.165) is 50.1 Å². The maximum Gasteiger partial charge on any atom is 0.200 e. The van der Waals surface area contributed by atoms with Crippen LogP contribution in [0.25, 0.3) is 61.7 Å². The highest BCUT2D eigenvalue weighted by Crippen LogP contribution is 2.62. The molecular formula is C92H60F10N2. The Morgan fingerprint density at radius 3 is 1.05 bits per heavy atom. The summed E-state index contributed by atoms with van der Waals surface area (Å²) in [6, 6.07) is 79.1. The highest BCUT2D eigenvalue weighted by molar-refractivity contribution is 5.93. The summed E-state index contributed by atoms with van der Waals surface area (Å²) in [6.45, 7) is 11.8. The van der Waals surface area contributed by atoms with Crippen molar-refractivity contribution in [2.75, 3.05) is 9.80 Å². The van der Waals surface area contributed by atoms with Gasteiger partial charge in [0.15, 0.2) is 46.5 Å². The number of fused-ring (bicyclic) bond motifs is 6. The van der Waals surface area contributed by atoms with Crippen LogP contribution >= 0.6 is 0 Å². The van der Waals surface area contributed by atoms with Crippen LogP contribution in [0.3, 0.4) is 0 Å². The van der Waals surface area contributed by atoms with Crippen LogP contribution in [-0.4, -0.2) is 0 Å². The van der Waals surface area contributed by atoms with E-state index in [1.165, 1.54) is 0 Å². The fourth-order valence-corrected chi connectivity index (χ4v) is 16.1. The molecular weight excluding hydrogens is 1320 g/mol. The topological polar surface area (TPSA) is 6.48 Å². The number of benzene rings is 13. The van der Waals surface area contributed by atoms with Gasteiger partial charge in [-0.05, 0) is 205 Å². The average molecular weight is 1380 g/mol. The van der Waals surface area contributed by atoms with Gasteiger partial charge in [0.25, 0.3) is 0 Å². The van der Waals surface area contributed by atoms with Crippen LogP contribution in [0.5, 0.6) is 0 Å². The number of nitrogens with zero attached hydrogens (tertiary/aromatic N) is 2. The Bertz CT molecular complexity index is 5690. The van der Waals surface area contributed by atoms with Gasteiger partial charge in [0.2, 0.25) is 11.6 Å². The third-order valence-electron chi connectivity index (χ3n) is 20.9. The van der Waals surface area contributed by atoms with Crippen molar-refractivity contribution in [1.29, 1.82) is 0 Å². The maximum absolute atomic E-state index is 17.1. The Morgan fingerprint density at radius 1 is 0.298 bits per heavy atom. The van der Waals surface area contributed by atoms with Crippen LogP contribution in [0.2, 0.25) is 0 Å². The quantitative estimate of drug-likeness (QED) is 0.0573. The Morgan fingerprint density at radius 2 is 0.644 bits per heavy atom. The molecule has 3 aliphatic carbocycles. The largest absolute Gasteiger partial charge is 0.310 e. The van der Waals surface area contributed by atoms with Crippen molar-refractivity contribution in [2.24, 2.45) is 0 Å². The number of rotatable bonds is 15. The molecule has 0 saturated carbocycles. The van der Waals surface area contributed by atoms with E-state index in [1.807, 2.05) is 194 Å². The van der Waals surface area contributed by atoms with Crippen molar-refractivity contribution in [1.82, 2.24) is 0 Å². The summed E-state index contributed by atoms with van der Waals surface area (Å²) in [5, 5.41) is 0. The number of hydrogen-bond donors (Lipinski definition) is 0. The lowest BCUT2D eigenvalue weighted by molar-refractivity contribution is 0.362. The molecule has 0 bridgehead atoms. The molecule has 13 aromatic carbocycles. The molecule has 0 fully saturated rings. The van der Waals surface area contributed by atoms with E-state index >= 15 is 43.9 Å². The van der Waals surface area contributed by atoms with E-state index in [2.05, 4.69) is 13.2 Å². The second kappa shape index (κ2) is 26.0. The fraction of sp³-hybridized carbons (Fsp3) is 0.0652. The van der Waals surface area contributed by atoms with Crippen molar-refractivity contribution in [3.05, 3.63) is 411 Å². The van der Waals surface area contributed by atoms with Gasteiger partial charge in [0.1, 0.15) is 0 Å². The Kier molecular flexibility index (Phi) is 16.5. The molecule has 3 aliphatic rings. The fourth-order valence-electron chi connectivity index (χ4n) is 16.1. The van der Waals surface area contributed by atoms with E-state index in [9.17, 15) is 0 Å². The first-order valence-corrected chi connectivity index (χ1v) is 33.9. The summed E-state index contributed by atoms with van der Waals surface area (Å²) in [6.07, 6.45) is 7.35. The molecule has 2 nitrogen and oxygen atoms in total. The van der Waals surface area contributed by atoms with E-state index in [1.54, 1.807) is 109 Å². The molecule has 2 unspecified atom stereocenters. The van der Waals surface area contributed by atoms with Gasteiger partial charge in [0, 0.05) is 45.3 Å².